The van der Waals surface area contributed by atoms with Crippen LogP contribution in [0.3, 0.4) is 0 Å². The largest absolute Gasteiger partial charge is 0.469 e. The zero-order valence-corrected chi connectivity index (χ0v) is 19.0. The Hall–Kier alpha value is -2.58. The first-order valence-electron chi connectivity index (χ1n) is 9.93. The number of ether oxygens (including phenoxy) is 1. The predicted molar refractivity (Wildman–Crippen MR) is 118 cm³/mol. The number of benzene rings is 2. The molecule has 1 aliphatic heterocycles. The molecule has 7 nitrogen and oxygen atoms in total. The van der Waals surface area contributed by atoms with Crippen LogP contribution < -0.4 is 4.31 Å². The highest BCUT2D eigenvalue weighted by Crippen LogP contribution is 2.26. The molecule has 0 bridgehead atoms. The molecule has 1 saturated heterocycles. The normalized spacial score (nSPS) is 14.9. The lowest BCUT2D eigenvalue weighted by atomic mass is 9.97. The number of aryl methyl sites for hydroxylation is 1. The van der Waals surface area contributed by atoms with Gasteiger partial charge in [-0.25, -0.2) is 8.42 Å². The zero-order valence-electron chi connectivity index (χ0n) is 17.5. The lowest BCUT2D eigenvalue weighted by molar-refractivity contribution is -0.148. The van der Waals surface area contributed by atoms with Gasteiger partial charge in [-0.2, -0.15) is 0 Å². The van der Waals surface area contributed by atoms with E-state index in [0.29, 0.717) is 36.6 Å². The molecule has 166 valence electrons. The van der Waals surface area contributed by atoms with E-state index >= 15 is 0 Å². The molecule has 31 heavy (non-hydrogen) atoms. The Morgan fingerprint density at radius 2 is 1.77 bits per heavy atom. The van der Waals surface area contributed by atoms with Crippen LogP contribution in [0.15, 0.2) is 53.4 Å². The molecule has 1 amide bonds. The Bertz CT molecular complexity index is 1050. The first-order chi connectivity index (χ1) is 14.7. The van der Waals surface area contributed by atoms with Crippen molar-refractivity contribution in [3.8, 4) is 0 Å². The second-order valence-corrected chi connectivity index (χ2v) is 9.78. The van der Waals surface area contributed by atoms with Gasteiger partial charge in [0.05, 0.1) is 23.6 Å². The van der Waals surface area contributed by atoms with E-state index in [2.05, 4.69) is 0 Å². The van der Waals surface area contributed by atoms with Crippen molar-refractivity contribution in [2.24, 2.45) is 5.92 Å². The third-order valence-corrected chi connectivity index (χ3v) is 7.39. The number of rotatable bonds is 6. The number of methoxy groups -OCH3 is 1. The highest BCUT2D eigenvalue weighted by atomic mass is 35.5. The van der Waals surface area contributed by atoms with Crippen LogP contribution in [0, 0.1) is 12.8 Å². The van der Waals surface area contributed by atoms with Gasteiger partial charge in [0.1, 0.15) is 6.54 Å². The SMILES string of the molecule is COC(=O)C1CCN(C(=O)CN(c2cccc(C)c2)S(=O)(=O)c2ccc(Cl)cc2)CC1. The number of likely N-dealkylation sites (tertiary alicyclic amines) is 1. The van der Waals surface area contributed by atoms with Crippen LogP contribution in [0.25, 0.3) is 0 Å². The molecule has 0 spiro atoms. The summed E-state index contributed by atoms with van der Waals surface area (Å²) in [5, 5.41) is 0.422. The summed E-state index contributed by atoms with van der Waals surface area (Å²) in [6, 6.07) is 12.9. The fourth-order valence-corrected chi connectivity index (χ4v) is 5.12. The molecule has 2 aromatic carbocycles. The maximum Gasteiger partial charge on any atom is 0.308 e. The molecule has 0 radical (unpaired) electrons. The quantitative estimate of drug-likeness (QED) is 0.613. The topological polar surface area (TPSA) is 84.0 Å². The number of carbonyl (C=O) groups is 2. The molecular formula is C22H25ClN2O5S. The van der Waals surface area contributed by atoms with Gasteiger partial charge in [0.2, 0.25) is 5.91 Å². The molecule has 1 aliphatic rings. The molecule has 0 atom stereocenters. The number of sulfonamides is 1. The van der Waals surface area contributed by atoms with Crippen LogP contribution >= 0.6 is 11.6 Å². The molecule has 0 unspecified atom stereocenters. The van der Waals surface area contributed by atoms with E-state index in [4.69, 9.17) is 16.3 Å². The van der Waals surface area contributed by atoms with Gasteiger partial charge < -0.3 is 9.64 Å². The maximum absolute atomic E-state index is 13.4. The highest BCUT2D eigenvalue weighted by molar-refractivity contribution is 7.92. The van der Waals surface area contributed by atoms with E-state index < -0.39 is 10.0 Å². The maximum atomic E-state index is 13.4. The van der Waals surface area contributed by atoms with Crippen LogP contribution in [0.4, 0.5) is 5.69 Å². The molecule has 0 aliphatic carbocycles. The summed E-state index contributed by atoms with van der Waals surface area (Å²) in [6.45, 7) is 2.27. The lowest BCUT2D eigenvalue weighted by Crippen LogP contribution is -2.46. The van der Waals surface area contributed by atoms with Gasteiger partial charge in [-0.1, -0.05) is 23.7 Å². The number of hydrogen-bond acceptors (Lipinski definition) is 5. The minimum atomic E-state index is -4.00. The predicted octanol–water partition coefficient (Wildman–Crippen LogP) is 3.26. The van der Waals surface area contributed by atoms with Gasteiger partial charge in [-0.15, -0.1) is 0 Å². The van der Waals surface area contributed by atoms with Crippen molar-refractivity contribution in [2.45, 2.75) is 24.7 Å². The molecule has 2 aromatic rings. The van der Waals surface area contributed by atoms with Crippen molar-refractivity contribution in [3.05, 3.63) is 59.1 Å². The standard InChI is InChI=1S/C22H25ClN2O5S/c1-16-4-3-5-19(14-16)25(31(28,29)20-8-6-18(23)7-9-20)15-21(26)24-12-10-17(11-13-24)22(27)30-2/h3-9,14,17H,10-13,15H2,1-2H3. The minimum absolute atomic E-state index is 0.0515. The van der Waals surface area contributed by atoms with E-state index in [1.165, 1.54) is 31.4 Å². The van der Waals surface area contributed by atoms with Gasteiger partial charge in [0, 0.05) is 18.1 Å². The second-order valence-electron chi connectivity index (χ2n) is 7.48. The van der Waals surface area contributed by atoms with E-state index in [1.807, 2.05) is 13.0 Å². The van der Waals surface area contributed by atoms with Gasteiger partial charge >= 0.3 is 5.97 Å². The third-order valence-electron chi connectivity index (χ3n) is 5.35. The average molecular weight is 465 g/mol. The zero-order chi connectivity index (χ0) is 22.6. The van der Waals surface area contributed by atoms with E-state index in [1.54, 1.807) is 23.1 Å². The van der Waals surface area contributed by atoms with Crippen LogP contribution in [-0.4, -0.2) is 51.9 Å². The van der Waals surface area contributed by atoms with Crippen molar-refractivity contribution < 1.29 is 22.7 Å². The fourth-order valence-electron chi connectivity index (χ4n) is 3.59. The van der Waals surface area contributed by atoms with Crippen LogP contribution in [0.2, 0.25) is 5.02 Å². The Balaban J connectivity index is 1.85. The fraction of sp³-hybridized carbons (Fsp3) is 0.364. The molecule has 1 heterocycles. The molecule has 0 aromatic heterocycles. The summed E-state index contributed by atoms with van der Waals surface area (Å²) in [7, 11) is -2.65. The van der Waals surface area contributed by atoms with E-state index in [9.17, 15) is 18.0 Å². The monoisotopic (exact) mass is 464 g/mol. The first kappa shape index (κ1) is 23.1. The highest BCUT2D eigenvalue weighted by Gasteiger charge is 2.32. The van der Waals surface area contributed by atoms with Gasteiger partial charge in [0.15, 0.2) is 0 Å². The number of carbonyl (C=O) groups excluding carboxylic acids is 2. The van der Waals surface area contributed by atoms with Crippen LogP contribution in [-0.2, 0) is 24.3 Å². The van der Waals surface area contributed by atoms with Crippen molar-refractivity contribution in [2.75, 3.05) is 31.0 Å². The Morgan fingerprint density at radius 1 is 1.13 bits per heavy atom. The number of esters is 1. The van der Waals surface area contributed by atoms with Crippen molar-refractivity contribution in [3.63, 3.8) is 0 Å². The lowest BCUT2D eigenvalue weighted by Gasteiger charge is -2.33. The van der Waals surface area contributed by atoms with E-state index in [-0.39, 0.29) is 29.2 Å². The number of amides is 1. The first-order valence-corrected chi connectivity index (χ1v) is 11.7. The number of anilines is 1. The molecule has 0 saturated carbocycles. The molecule has 1 fully saturated rings. The third kappa shape index (κ3) is 5.37. The van der Waals surface area contributed by atoms with Gasteiger partial charge in [0.25, 0.3) is 10.0 Å². The van der Waals surface area contributed by atoms with Crippen LogP contribution in [0.5, 0.6) is 0 Å². The van der Waals surface area contributed by atoms with E-state index in [0.717, 1.165) is 9.87 Å². The number of halogens is 1. The minimum Gasteiger partial charge on any atom is -0.469 e. The molecule has 0 N–H and O–H groups in total. The average Bonchev–Trinajstić information content (AvgIpc) is 2.77. The smallest absolute Gasteiger partial charge is 0.308 e. The van der Waals surface area contributed by atoms with Crippen LogP contribution in [0.1, 0.15) is 18.4 Å². The Labute approximate surface area is 187 Å². The number of nitrogens with zero attached hydrogens (tertiary/aromatic N) is 2. The van der Waals surface area contributed by atoms with Crippen molar-refractivity contribution in [1.29, 1.82) is 0 Å². The number of hydrogen-bond donors (Lipinski definition) is 0. The Morgan fingerprint density at radius 3 is 2.35 bits per heavy atom. The summed E-state index contributed by atoms with van der Waals surface area (Å²) >= 11 is 5.91. The molecular weight excluding hydrogens is 440 g/mol. The molecule has 9 heteroatoms. The van der Waals surface area contributed by atoms with Crippen molar-refractivity contribution in [1.82, 2.24) is 4.90 Å². The van der Waals surface area contributed by atoms with Gasteiger partial charge in [-0.3, -0.25) is 13.9 Å². The van der Waals surface area contributed by atoms with Gasteiger partial charge in [-0.05, 0) is 61.7 Å². The Kier molecular flexibility index (Phi) is 7.23. The summed E-state index contributed by atoms with van der Waals surface area (Å²) < 4.78 is 32.7. The second kappa shape index (κ2) is 9.70. The van der Waals surface area contributed by atoms with Crippen molar-refractivity contribution >= 4 is 39.2 Å². The molecule has 3 rings (SSSR count). The summed E-state index contributed by atoms with van der Waals surface area (Å²) in [4.78, 5) is 26.4. The summed E-state index contributed by atoms with van der Waals surface area (Å²) in [5.41, 5.74) is 1.29. The summed E-state index contributed by atoms with van der Waals surface area (Å²) in [5.74, 6) is -0.833. The number of piperidine rings is 1. The summed E-state index contributed by atoms with van der Waals surface area (Å²) in [6.07, 6.45) is 0.986.